The van der Waals surface area contributed by atoms with E-state index in [1.165, 1.54) is 12.1 Å². The Morgan fingerprint density at radius 2 is 1.81 bits per heavy atom. The SMILES string of the molecule is CCc1cc(Br)ccc1NS(=O)(=O)c1ccc(NN)cc1. The molecule has 0 aliphatic rings. The summed E-state index contributed by atoms with van der Waals surface area (Å²) in [4.78, 5) is 0.187. The normalized spacial score (nSPS) is 11.2. The first kappa shape index (κ1) is 15.8. The molecule has 7 heteroatoms. The average molecular weight is 370 g/mol. The fraction of sp³-hybridized carbons (Fsp3) is 0.143. The molecule has 0 bridgehead atoms. The van der Waals surface area contributed by atoms with E-state index in [2.05, 4.69) is 26.1 Å². The lowest BCUT2D eigenvalue weighted by molar-refractivity contribution is 0.601. The van der Waals surface area contributed by atoms with Crippen LogP contribution in [0, 0.1) is 0 Å². The van der Waals surface area contributed by atoms with E-state index in [0.717, 1.165) is 16.5 Å². The molecule has 0 amide bonds. The van der Waals surface area contributed by atoms with E-state index in [-0.39, 0.29) is 4.90 Å². The molecule has 4 N–H and O–H groups in total. The van der Waals surface area contributed by atoms with Crippen molar-refractivity contribution in [2.24, 2.45) is 5.84 Å². The Hall–Kier alpha value is -1.57. The van der Waals surface area contributed by atoms with E-state index in [1.54, 1.807) is 24.3 Å². The first-order chi connectivity index (χ1) is 9.96. The van der Waals surface area contributed by atoms with Crippen LogP contribution in [0.3, 0.4) is 0 Å². The number of nitrogen functional groups attached to an aromatic ring is 1. The summed E-state index contributed by atoms with van der Waals surface area (Å²) in [5, 5.41) is 0. The summed E-state index contributed by atoms with van der Waals surface area (Å²) in [5.74, 6) is 5.27. The minimum atomic E-state index is -3.62. The summed E-state index contributed by atoms with van der Waals surface area (Å²) in [7, 11) is -3.62. The maximum Gasteiger partial charge on any atom is 0.261 e. The second kappa shape index (κ2) is 6.46. The summed E-state index contributed by atoms with van der Waals surface area (Å²) in [6.45, 7) is 1.97. The van der Waals surface area contributed by atoms with Crippen LogP contribution >= 0.6 is 15.9 Å². The number of nitrogens with two attached hydrogens (primary N) is 1. The van der Waals surface area contributed by atoms with Crippen LogP contribution in [0.25, 0.3) is 0 Å². The van der Waals surface area contributed by atoms with Gasteiger partial charge in [0, 0.05) is 10.2 Å². The number of anilines is 2. The first-order valence-electron chi connectivity index (χ1n) is 6.34. The van der Waals surface area contributed by atoms with Gasteiger partial charge in [0.1, 0.15) is 0 Å². The van der Waals surface area contributed by atoms with Crippen molar-refractivity contribution < 1.29 is 8.42 Å². The monoisotopic (exact) mass is 369 g/mol. The Kier molecular flexibility index (Phi) is 4.87. The van der Waals surface area contributed by atoms with Crippen LogP contribution in [0.15, 0.2) is 51.8 Å². The van der Waals surface area contributed by atoms with E-state index < -0.39 is 10.0 Å². The van der Waals surface area contributed by atoms with E-state index in [1.807, 2.05) is 13.0 Å². The predicted molar refractivity (Wildman–Crippen MR) is 88.6 cm³/mol. The van der Waals surface area contributed by atoms with Crippen molar-refractivity contribution in [1.29, 1.82) is 0 Å². The van der Waals surface area contributed by atoms with Gasteiger partial charge in [0.2, 0.25) is 0 Å². The van der Waals surface area contributed by atoms with Gasteiger partial charge in [-0.1, -0.05) is 22.9 Å². The van der Waals surface area contributed by atoms with Gasteiger partial charge in [-0.05, 0) is 54.4 Å². The summed E-state index contributed by atoms with van der Waals surface area (Å²) in [5.41, 5.74) is 4.61. The third kappa shape index (κ3) is 3.75. The van der Waals surface area contributed by atoms with Crippen LogP contribution in [0.2, 0.25) is 0 Å². The van der Waals surface area contributed by atoms with Gasteiger partial charge in [0.05, 0.1) is 10.6 Å². The number of rotatable bonds is 5. The van der Waals surface area contributed by atoms with Crippen LogP contribution in [-0.2, 0) is 16.4 Å². The van der Waals surface area contributed by atoms with Crippen molar-refractivity contribution >= 4 is 37.3 Å². The molecule has 112 valence electrons. The number of halogens is 1. The van der Waals surface area contributed by atoms with Gasteiger partial charge in [0.15, 0.2) is 0 Å². The maximum absolute atomic E-state index is 12.4. The number of hydrogen-bond acceptors (Lipinski definition) is 4. The third-order valence-electron chi connectivity index (χ3n) is 3.02. The van der Waals surface area contributed by atoms with Crippen molar-refractivity contribution in [3.63, 3.8) is 0 Å². The fourth-order valence-electron chi connectivity index (χ4n) is 1.89. The van der Waals surface area contributed by atoms with Crippen molar-refractivity contribution in [2.75, 3.05) is 10.1 Å². The number of hydrazine groups is 1. The molecule has 0 unspecified atom stereocenters. The summed E-state index contributed by atoms with van der Waals surface area (Å²) >= 11 is 3.38. The number of sulfonamides is 1. The average Bonchev–Trinajstić information content (AvgIpc) is 2.49. The number of benzene rings is 2. The smallest absolute Gasteiger partial charge is 0.261 e. The number of aryl methyl sites for hydroxylation is 1. The molecule has 0 saturated carbocycles. The lowest BCUT2D eigenvalue weighted by atomic mass is 10.1. The molecule has 21 heavy (non-hydrogen) atoms. The zero-order chi connectivity index (χ0) is 15.5. The number of hydrogen-bond donors (Lipinski definition) is 3. The minimum absolute atomic E-state index is 0.187. The molecule has 5 nitrogen and oxygen atoms in total. The van der Waals surface area contributed by atoms with Crippen LogP contribution in [0.4, 0.5) is 11.4 Å². The summed E-state index contributed by atoms with van der Waals surface area (Å²) < 4.78 is 28.3. The molecule has 0 aliphatic heterocycles. The maximum atomic E-state index is 12.4. The number of nitrogens with one attached hydrogen (secondary N) is 2. The van der Waals surface area contributed by atoms with Crippen molar-refractivity contribution in [3.05, 3.63) is 52.5 Å². The summed E-state index contributed by atoms with van der Waals surface area (Å²) in [6.07, 6.45) is 0.729. The molecule has 0 aliphatic carbocycles. The molecule has 0 heterocycles. The van der Waals surface area contributed by atoms with Crippen LogP contribution in [0.5, 0.6) is 0 Å². The highest BCUT2D eigenvalue weighted by atomic mass is 79.9. The highest BCUT2D eigenvalue weighted by Crippen LogP contribution is 2.24. The molecular formula is C14H16BrN3O2S. The minimum Gasteiger partial charge on any atom is -0.324 e. The molecule has 2 aromatic carbocycles. The highest BCUT2D eigenvalue weighted by molar-refractivity contribution is 9.10. The van der Waals surface area contributed by atoms with Crippen molar-refractivity contribution in [1.82, 2.24) is 0 Å². The standard InChI is InChI=1S/C14H16BrN3O2S/c1-2-10-9-11(15)3-8-14(10)18-21(19,20)13-6-4-12(17-16)5-7-13/h3-9,17-18H,2,16H2,1H3. The molecule has 0 spiro atoms. The van der Waals surface area contributed by atoms with Crippen LogP contribution in [-0.4, -0.2) is 8.42 Å². The molecule has 0 atom stereocenters. The Morgan fingerprint density at radius 1 is 1.14 bits per heavy atom. The van der Waals surface area contributed by atoms with Gasteiger partial charge in [-0.3, -0.25) is 10.6 Å². The van der Waals surface area contributed by atoms with Gasteiger partial charge in [-0.2, -0.15) is 0 Å². The fourth-order valence-corrected chi connectivity index (χ4v) is 3.40. The highest BCUT2D eigenvalue weighted by Gasteiger charge is 2.15. The molecule has 2 aromatic rings. The lowest BCUT2D eigenvalue weighted by Gasteiger charge is -2.12. The Morgan fingerprint density at radius 3 is 2.38 bits per heavy atom. The lowest BCUT2D eigenvalue weighted by Crippen LogP contribution is -2.14. The van der Waals surface area contributed by atoms with Crippen molar-refractivity contribution in [2.45, 2.75) is 18.2 Å². The zero-order valence-electron chi connectivity index (χ0n) is 11.4. The van der Waals surface area contributed by atoms with Gasteiger partial charge >= 0.3 is 0 Å². The van der Waals surface area contributed by atoms with E-state index in [4.69, 9.17) is 5.84 Å². The Balaban J connectivity index is 2.32. The molecular weight excluding hydrogens is 354 g/mol. The molecule has 0 aromatic heterocycles. The zero-order valence-corrected chi connectivity index (χ0v) is 13.8. The Bertz CT molecular complexity index is 730. The van der Waals surface area contributed by atoms with Crippen LogP contribution < -0.4 is 16.0 Å². The predicted octanol–water partition coefficient (Wildman–Crippen LogP) is 3.10. The quantitative estimate of drug-likeness (QED) is 0.558. The van der Waals surface area contributed by atoms with Gasteiger partial charge in [0.25, 0.3) is 10.0 Å². The van der Waals surface area contributed by atoms with E-state index in [0.29, 0.717) is 11.4 Å². The van der Waals surface area contributed by atoms with Gasteiger partial charge < -0.3 is 5.43 Å². The molecule has 0 saturated heterocycles. The van der Waals surface area contributed by atoms with E-state index >= 15 is 0 Å². The van der Waals surface area contributed by atoms with Crippen molar-refractivity contribution in [3.8, 4) is 0 Å². The topological polar surface area (TPSA) is 84.2 Å². The molecule has 0 fully saturated rings. The molecule has 2 rings (SSSR count). The second-order valence-electron chi connectivity index (χ2n) is 4.43. The second-order valence-corrected chi connectivity index (χ2v) is 7.03. The first-order valence-corrected chi connectivity index (χ1v) is 8.62. The van der Waals surface area contributed by atoms with E-state index in [9.17, 15) is 8.42 Å². The Labute approximate surface area is 132 Å². The largest absolute Gasteiger partial charge is 0.324 e. The van der Waals surface area contributed by atoms with Gasteiger partial charge in [-0.25, -0.2) is 8.42 Å². The summed E-state index contributed by atoms with van der Waals surface area (Å²) in [6, 6.07) is 11.7. The van der Waals surface area contributed by atoms with Crippen LogP contribution in [0.1, 0.15) is 12.5 Å². The molecule has 0 radical (unpaired) electrons. The van der Waals surface area contributed by atoms with Gasteiger partial charge in [-0.15, -0.1) is 0 Å². The third-order valence-corrected chi connectivity index (χ3v) is 4.90.